The van der Waals surface area contributed by atoms with Crippen molar-refractivity contribution >= 4 is 17.6 Å². The van der Waals surface area contributed by atoms with Crippen LogP contribution in [0.5, 0.6) is 0 Å². The summed E-state index contributed by atoms with van der Waals surface area (Å²) in [5.41, 5.74) is 1.21. The van der Waals surface area contributed by atoms with E-state index in [-0.39, 0.29) is 30.6 Å². The van der Waals surface area contributed by atoms with E-state index in [1.807, 2.05) is 32.0 Å². The molecule has 0 aliphatic carbocycles. The van der Waals surface area contributed by atoms with E-state index in [0.29, 0.717) is 17.5 Å². The van der Waals surface area contributed by atoms with E-state index in [9.17, 15) is 24.7 Å². The van der Waals surface area contributed by atoms with Gasteiger partial charge in [0.05, 0.1) is 6.04 Å². The van der Waals surface area contributed by atoms with Crippen molar-refractivity contribution in [1.82, 2.24) is 15.7 Å². The average Bonchev–Trinajstić information content (AvgIpc) is 2.94. The lowest BCUT2D eigenvalue weighted by Crippen LogP contribution is -2.53. The van der Waals surface area contributed by atoms with Crippen molar-refractivity contribution in [2.24, 2.45) is 11.8 Å². The number of carbonyl (C=O) groups excluding carboxylic acids is 3. The molecule has 8 nitrogen and oxygen atoms in total. The van der Waals surface area contributed by atoms with Crippen molar-refractivity contribution in [3.63, 3.8) is 0 Å². The highest BCUT2D eigenvalue weighted by Crippen LogP contribution is 2.30. The minimum atomic E-state index is -1.27. The van der Waals surface area contributed by atoms with Crippen LogP contribution in [0.4, 0.5) is 0 Å². The van der Waals surface area contributed by atoms with Gasteiger partial charge in [0.15, 0.2) is 5.78 Å². The van der Waals surface area contributed by atoms with Gasteiger partial charge in [-0.1, -0.05) is 81.4 Å². The maximum atomic E-state index is 13.6. The minimum absolute atomic E-state index is 0.0898. The van der Waals surface area contributed by atoms with Gasteiger partial charge in [0.1, 0.15) is 18.2 Å². The lowest BCUT2D eigenvalue weighted by atomic mass is 9.90. The zero-order chi connectivity index (χ0) is 25.5. The molecule has 0 bridgehead atoms. The van der Waals surface area contributed by atoms with Crippen molar-refractivity contribution in [1.29, 1.82) is 0 Å². The molecule has 8 heteroatoms. The summed E-state index contributed by atoms with van der Waals surface area (Å²) in [6, 6.07) is 14.8. The Morgan fingerprint density at radius 3 is 2.23 bits per heavy atom. The summed E-state index contributed by atoms with van der Waals surface area (Å²) in [6.45, 7) is 5.84. The summed E-state index contributed by atoms with van der Waals surface area (Å²) in [6.07, 6.45) is -0.562. The molecule has 0 aromatic heterocycles. The second kappa shape index (κ2) is 12.1. The van der Waals surface area contributed by atoms with Crippen LogP contribution in [-0.2, 0) is 14.4 Å². The number of hydrogen-bond acceptors (Lipinski definition) is 6. The Morgan fingerprint density at radius 1 is 1.03 bits per heavy atom. The fraction of sp³-hybridized carbons (Fsp3) is 0.444. The fourth-order valence-electron chi connectivity index (χ4n) is 4.38. The van der Waals surface area contributed by atoms with Crippen LogP contribution in [0.15, 0.2) is 60.7 Å². The number of hydrogen-bond donors (Lipinski definition) is 4. The maximum absolute atomic E-state index is 13.6. The van der Waals surface area contributed by atoms with E-state index in [1.54, 1.807) is 49.4 Å². The predicted molar refractivity (Wildman–Crippen MR) is 131 cm³/mol. The molecule has 35 heavy (non-hydrogen) atoms. The molecule has 2 aromatic carbocycles. The largest absolute Gasteiger partial charge is 0.383 e. The Hall–Kier alpha value is -3.07. The third-order valence-corrected chi connectivity index (χ3v) is 6.34. The number of aliphatic hydroxyl groups is 1. The van der Waals surface area contributed by atoms with E-state index in [0.717, 1.165) is 5.06 Å². The second-order valence-corrected chi connectivity index (χ2v) is 9.59. The van der Waals surface area contributed by atoms with Gasteiger partial charge in [-0.2, -0.15) is 5.06 Å². The zero-order valence-electron chi connectivity index (χ0n) is 20.4. The van der Waals surface area contributed by atoms with Crippen molar-refractivity contribution in [2.75, 3.05) is 6.54 Å². The second-order valence-electron chi connectivity index (χ2n) is 9.59. The number of ketones is 1. The van der Waals surface area contributed by atoms with Crippen LogP contribution < -0.4 is 10.6 Å². The first-order valence-electron chi connectivity index (χ1n) is 12.1. The molecule has 0 unspecified atom stereocenters. The number of amides is 2. The lowest BCUT2D eigenvalue weighted by Gasteiger charge is -2.32. The normalized spacial score (nSPS) is 22.8. The topological polar surface area (TPSA) is 119 Å². The fourth-order valence-corrected chi connectivity index (χ4v) is 4.38. The highest BCUT2D eigenvalue weighted by Gasteiger charge is 2.41. The third-order valence-electron chi connectivity index (χ3n) is 6.34. The molecular formula is C27H35N3O5. The molecule has 3 rings (SSSR count). The molecule has 0 radical (unpaired) electrons. The Kier molecular flexibility index (Phi) is 9.14. The average molecular weight is 482 g/mol. The number of nitrogens with zero attached hydrogens (tertiary/aromatic N) is 1. The number of benzene rings is 2. The van der Waals surface area contributed by atoms with Crippen molar-refractivity contribution in [3.05, 3.63) is 71.8 Å². The van der Waals surface area contributed by atoms with Gasteiger partial charge in [-0.15, -0.1) is 0 Å². The smallest absolute Gasteiger partial charge is 0.249 e. The summed E-state index contributed by atoms with van der Waals surface area (Å²) < 4.78 is 0. The molecule has 1 fully saturated rings. The predicted octanol–water partition coefficient (Wildman–Crippen LogP) is 2.78. The molecule has 188 valence electrons. The van der Waals surface area contributed by atoms with Crippen molar-refractivity contribution in [3.8, 4) is 0 Å². The summed E-state index contributed by atoms with van der Waals surface area (Å²) >= 11 is 0. The summed E-state index contributed by atoms with van der Waals surface area (Å²) in [5, 5.41) is 27.7. The molecule has 4 N–H and O–H groups in total. The van der Waals surface area contributed by atoms with Gasteiger partial charge < -0.3 is 20.9 Å². The third kappa shape index (κ3) is 6.75. The van der Waals surface area contributed by atoms with Gasteiger partial charge in [-0.25, -0.2) is 0 Å². The van der Waals surface area contributed by atoms with Gasteiger partial charge in [0.2, 0.25) is 11.8 Å². The van der Waals surface area contributed by atoms with E-state index in [1.165, 1.54) is 0 Å². The Labute approximate surface area is 206 Å². The molecule has 0 spiro atoms. The molecule has 1 aliphatic rings. The van der Waals surface area contributed by atoms with Crippen LogP contribution in [0.3, 0.4) is 0 Å². The quantitative estimate of drug-likeness (QED) is 0.460. The number of carbonyl (C=O) groups is 3. The maximum Gasteiger partial charge on any atom is 0.249 e. The first kappa shape index (κ1) is 26.5. The van der Waals surface area contributed by atoms with E-state index >= 15 is 0 Å². The zero-order valence-corrected chi connectivity index (χ0v) is 20.4. The first-order valence-corrected chi connectivity index (χ1v) is 12.1. The highest BCUT2D eigenvalue weighted by molar-refractivity contribution is 5.95. The van der Waals surface area contributed by atoms with Crippen LogP contribution in [0.2, 0.25) is 0 Å². The van der Waals surface area contributed by atoms with E-state index in [2.05, 4.69) is 10.6 Å². The Balaban J connectivity index is 1.92. The van der Waals surface area contributed by atoms with Crippen LogP contribution >= 0.6 is 0 Å². The van der Waals surface area contributed by atoms with Gasteiger partial charge in [-0.3, -0.25) is 14.4 Å². The molecule has 5 atom stereocenters. The standard InChI is InChI=1S/C27H35N3O5/c1-17(2)16-21(31)26(33)28-22(19-10-6-4-7-11-19)27(34)29-23-24(20-12-8-5-9-13-20)30(35)15-14-18(3)25(23)32/h4-13,17-18,21-24,31,35H,14-16H2,1-3H3,(H,28,33)(H,29,34)/t18-,21-,22-,23-,24+/m0/s1. The van der Waals surface area contributed by atoms with Crippen LogP contribution in [-0.4, -0.2) is 51.7 Å². The Morgan fingerprint density at radius 2 is 1.63 bits per heavy atom. The summed E-state index contributed by atoms with van der Waals surface area (Å²) in [4.78, 5) is 39.6. The highest BCUT2D eigenvalue weighted by atomic mass is 16.5. The van der Waals surface area contributed by atoms with E-state index < -0.39 is 36.0 Å². The number of Topliss-reactive ketones (excluding diaryl/α,β-unsaturated/α-hetero) is 1. The van der Waals surface area contributed by atoms with Crippen LogP contribution in [0.25, 0.3) is 0 Å². The van der Waals surface area contributed by atoms with Gasteiger partial charge in [-0.05, 0) is 29.9 Å². The van der Waals surface area contributed by atoms with Crippen LogP contribution in [0, 0.1) is 11.8 Å². The summed E-state index contributed by atoms with van der Waals surface area (Å²) in [5.74, 6) is -1.73. The molecule has 2 aromatic rings. The summed E-state index contributed by atoms with van der Waals surface area (Å²) in [7, 11) is 0. The van der Waals surface area contributed by atoms with Gasteiger partial charge in [0.25, 0.3) is 0 Å². The number of aliphatic hydroxyl groups excluding tert-OH is 1. The van der Waals surface area contributed by atoms with Crippen molar-refractivity contribution < 1.29 is 24.7 Å². The molecule has 2 amide bonds. The monoisotopic (exact) mass is 481 g/mol. The molecule has 1 heterocycles. The Bertz CT molecular complexity index is 998. The van der Waals surface area contributed by atoms with Crippen molar-refractivity contribution in [2.45, 2.75) is 57.8 Å². The molecule has 1 saturated heterocycles. The van der Waals surface area contributed by atoms with Crippen LogP contribution in [0.1, 0.15) is 56.8 Å². The molecular weight excluding hydrogens is 446 g/mol. The first-order chi connectivity index (χ1) is 16.7. The SMILES string of the molecule is CC(C)C[C@H](O)C(=O)N[C@H](C(=O)N[C@@H]1C(=O)[C@@H](C)CCN(O)[C@@H]1c1ccccc1)c1ccccc1. The molecule has 0 saturated carbocycles. The van der Waals surface area contributed by atoms with E-state index in [4.69, 9.17) is 0 Å². The molecule has 1 aliphatic heterocycles. The number of nitrogens with one attached hydrogen (secondary N) is 2. The number of rotatable bonds is 8. The van der Waals surface area contributed by atoms with Gasteiger partial charge >= 0.3 is 0 Å². The lowest BCUT2D eigenvalue weighted by molar-refractivity contribution is -0.146. The minimum Gasteiger partial charge on any atom is -0.383 e. The number of hydroxylamine groups is 2. The van der Waals surface area contributed by atoms with Gasteiger partial charge in [0, 0.05) is 12.5 Å².